The molecule has 38 heavy (non-hydrogen) atoms. The number of carbonyl (C=O) groups is 1. The Morgan fingerprint density at radius 1 is 1.13 bits per heavy atom. The highest BCUT2D eigenvalue weighted by Gasteiger charge is 2.36. The quantitative estimate of drug-likeness (QED) is 0.206. The van der Waals surface area contributed by atoms with Gasteiger partial charge in [-0.25, -0.2) is 13.1 Å². The Kier molecular flexibility index (Phi) is 9.09. The Hall–Kier alpha value is -3.11. The summed E-state index contributed by atoms with van der Waals surface area (Å²) in [4.78, 5) is 16.8. The molecule has 1 aliphatic heterocycles. The second-order valence-electron chi connectivity index (χ2n) is 10.8. The third-order valence-corrected chi connectivity index (χ3v) is 8.49. The van der Waals surface area contributed by atoms with Gasteiger partial charge in [0.05, 0.1) is 10.9 Å². The molecule has 6 N–H and O–H groups in total. The van der Waals surface area contributed by atoms with Crippen LogP contribution in [0, 0.1) is 20.8 Å². The van der Waals surface area contributed by atoms with Gasteiger partial charge in [-0.3, -0.25) is 9.79 Å². The van der Waals surface area contributed by atoms with Gasteiger partial charge in [-0.2, -0.15) is 0 Å². The first-order valence-corrected chi connectivity index (χ1v) is 14.4. The highest BCUT2D eigenvalue weighted by Crippen LogP contribution is 2.43. The van der Waals surface area contributed by atoms with Gasteiger partial charge in [0.1, 0.15) is 11.4 Å². The zero-order valence-corrected chi connectivity index (χ0v) is 24.0. The van der Waals surface area contributed by atoms with Crippen LogP contribution in [0.15, 0.2) is 40.2 Å². The number of hydrogen-bond donors (Lipinski definition) is 4. The maximum atomic E-state index is 13.3. The second kappa shape index (κ2) is 11.7. The number of nitrogens with zero attached hydrogens (tertiary/aromatic N) is 1. The smallest absolute Gasteiger partial charge is 0.264 e. The molecule has 2 aromatic carbocycles. The molecule has 0 fully saturated rings. The highest BCUT2D eigenvalue weighted by molar-refractivity contribution is 7.90. The Bertz CT molecular complexity index is 1310. The van der Waals surface area contributed by atoms with Gasteiger partial charge in [0.25, 0.3) is 10.0 Å². The molecule has 0 bridgehead atoms. The number of aliphatic imine (C=N–C) groups is 1. The summed E-state index contributed by atoms with van der Waals surface area (Å²) in [5, 5.41) is 2.94. The average Bonchev–Trinajstić information content (AvgIpc) is 3.16. The van der Waals surface area contributed by atoms with Crippen molar-refractivity contribution in [3.05, 3.63) is 58.1 Å². The van der Waals surface area contributed by atoms with Crippen LogP contribution in [-0.4, -0.2) is 44.5 Å². The van der Waals surface area contributed by atoms with Crippen LogP contribution in [0.5, 0.6) is 5.75 Å². The molecule has 1 heterocycles. The highest BCUT2D eigenvalue weighted by atomic mass is 32.2. The van der Waals surface area contributed by atoms with Crippen molar-refractivity contribution in [2.24, 2.45) is 16.5 Å². The van der Waals surface area contributed by atoms with Crippen LogP contribution in [0.4, 0.5) is 0 Å². The number of nitrogens with two attached hydrogens (primary N) is 2. The lowest BCUT2D eigenvalue weighted by Gasteiger charge is -2.19. The predicted octanol–water partition coefficient (Wildman–Crippen LogP) is 2.77. The lowest BCUT2D eigenvalue weighted by atomic mass is 9.94. The van der Waals surface area contributed by atoms with Gasteiger partial charge in [-0.1, -0.05) is 30.3 Å². The fourth-order valence-corrected chi connectivity index (χ4v) is 6.40. The van der Waals surface area contributed by atoms with Crippen molar-refractivity contribution in [2.45, 2.75) is 89.8 Å². The first-order chi connectivity index (χ1) is 17.7. The molecule has 2 atom stereocenters. The maximum Gasteiger partial charge on any atom is 0.264 e. The summed E-state index contributed by atoms with van der Waals surface area (Å²) >= 11 is 0. The molecule has 10 heteroatoms. The third kappa shape index (κ3) is 7.05. The fraction of sp³-hybridized carbons (Fsp3) is 0.500. The summed E-state index contributed by atoms with van der Waals surface area (Å²) in [6.07, 6.45) is 2.21. The number of guanidine groups is 1. The zero-order valence-electron chi connectivity index (χ0n) is 23.2. The van der Waals surface area contributed by atoms with Crippen LogP contribution in [0.25, 0.3) is 0 Å². The molecule has 3 rings (SSSR count). The Morgan fingerprint density at radius 2 is 1.79 bits per heavy atom. The molecule has 208 valence electrons. The van der Waals surface area contributed by atoms with Crippen LogP contribution in [0.3, 0.4) is 0 Å². The predicted molar refractivity (Wildman–Crippen MR) is 151 cm³/mol. The molecule has 0 spiro atoms. The zero-order chi connectivity index (χ0) is 28.3. The number of carbonyl (C=O) groups excluding carboxylic acids is 1. The summed E-state index contributed by atoms with van der Waals surface area (Å²) in [7, 11) is -3.96. The Balaban J connectivity index is 1.55. The number of hydrogen-bond acceptors (Lipinski definition) is 6. The van der Waals surface area contributed by atoms with Crippen molar-refractivity contribution in [1.29, 1.82) is 0 Å². The number of sulfonamides is 1. The van der Waals surface area contributed by atoms with Gasteiger partial charge in [0, 0.05) is 24.6 Å². The molecule has 0 aliphatic carbocycles. The standard InChI is InChI=1S/C28H41N5O4S/c1-17(15-21-11-8-7-9-12-21)32-26(34)23(29)13-10-14-31-27(30)33-38(35,36)25-19(3)18(2)24-22(20(25)4)16-28(5,6)37-24/h7-9,11-12,17,23H,10,13-16,29H2,1-6H3,(H,32,34)(H3,30,31,33). The molecule has 0 aromatic heterocycles. The van der Waals surface area contributed by atoms with E-state index in [1.54, 1.807) is 13.8 Å². The van der Waals surface area contributed by atoms with Gasteiger partial charge < -0.3 is 21.5 Å². The van der Waals surface area contributed by atoms with Crippen LogP contribution >= 0.6 is 0 Å². The molecule has 2 aromatic rings. The van der Waals surface area contributed by atoms with E-state index in [2.05, 4.69) is 15.0 Å². The van der Waals surface area contributed by atoms with E-state index in [1.807, 2.05) is 58.0 Å². The SMILES string of the molecule is Cc1c(C)c(S(=O)(=O)NC(N)=NCCCC(N)C(=O)NC(C)Cc2ccccc2)c(C)c2c1OC(C)(C)C2. The Labute approximate surface area is 226 Å². The first-order valence-electron chi connectivity index (χ1n) is 13.0. The molecule has 2 unspecified atom stereocenters. The lowest BCUT2D eigenvalue weighted by Crippen LogP contribution is -2.45. The minimum Gasteiger partial charge on any atom is -0.487 e. The van der Waals surface area contributed by atoms with Gasteiger partial charge in [0.2, 0.25) is 11.9 Å². The van der Waals surface area contributed by atoms with E-state index in [-0.39, 0.29) is 29.3 Å². The topological polar surface area (TPSA) is 149 Å². The minimum atomic E-state index is -3.96. The third-order valence-electron chi connectivity index (χ3n) is 6.87. The van der Waals surface area contributed by atoms with Crippen LogP contribution < -0.4 is 26.2 Å². The summed E-state index contributed by atoms with van der Waals surface area (Å²) in [5.41, 5.74) is 15.7. The molecule has 0 saturated heterocycles. The fourth-order valence-electron chi connectivity index (χ4n) is 4.88. The van der Waals surface area contributed by atoms with E-state index in [0.717, 1.165) is 22.4 Å². The monoisotopic (exact) mass is 543 g/mol. The second-order valence-corrected chi connectivity index (χ2v) is 12.4. The minimum absolute atomic E-state index is 0.0496. The summed E-state index contributed by atoms with van der Waals surface area (Å²) in [6.45, 7) is 11.6. The van der Waals surface area contributed by atoms with Crippen molar-refractivity contribution in [3.8, 4) is 5.75 Å². The lowest BCUT2D eigenvalue weighted by molar-refractivity contribution is -0.123. The van der Waals surface area contributed by atoms with E-state index in [1.165, 1.54) is 0 Å². The van der Waals surface area contributed by atoms with Gasteiger partial charge in [-0.05, 0) is 83.1 Å². The van der Waals surface area contributed by atoms with E-state index in [0.29, 0.717) is 36.8 Å². The summed E-state index contributed by atoms with van der Waals surface area (Å²) < 4.78 is 35.0. The van der Waals surface area contributed by atoms with Crippen LogP contribution in [0.2, 0.25) is 0 Å². The van der Waals surface area contributed by atoms with Gasteiger partial charge >= 0.3 is 0 Å². The molecule has 0 saturated carbocycles. The van der Waals surface area contributed by atoms with Crippen LogP contribution in [0.1, 0.15) is 61.4 Å². The summed E-state index contributed by atoms with van der Waals surface area (Å²) in [6, 6.07) is 9.18. The average molecular weight is 544 g/mol. The molecular weight excluding hydrogens is 502 g/mol. The largest absolute Gasteiger partial charge is 0.487 e. The van der Waals surface area contributed by atoms with Crippen molar-refractivity contribution in [3.63, 3.8) is 0 Å². The summed E-state index contributed by atoms with van der Waals surface area (Å²) in [5.74, 6) is 0.338. The maximum absolute atomic E-state index is 13.3. The van der Waals surface area contributed by atoms with E-state index in [9.17, 15) is 13.2 Å². The number of fused-ring (bicyclic) bond motifs is 1. The Morgan fingerprint density at radius 3 is 2.45 bits per heavy atom. The molecule has 0 radical (unpaired) electrons. The van der Waals surface area contributed by atoms with E-state index >= 15 is 0 Å². The molecule has 1 aliphatic rings. The van der Waals surface area contributed by atoms with Crippen molar-refractivity contribution in [1.82, 2.24) is 10.0 Å². The molecule has 1 amide bonds. The van der Waals surface area contributed by atoms with Gasteiger partial charge in [-0.15, -0.1) is 0 Å². The van der Waals surface area contributed by atoms with Gasteiger partial charge in [0.15, 0.2) is 0 Å². The number of nitrogens with one attached hydrogen (secondary N) is 2. The van der Waals surface area contributed by atoms with Crippen molar-refractivity contribution >= 4 is 21.9 Å². The van der Waals surface area contributed by atoms with E-state index in [4.69, 9.17) is 16.2 Å². The van der Waals surface area contributed by atoms with E-state index < -0.39 is 21.7 Å². The van der Waals surface area contributed by atoms with Crippen LogP contribution in [-0.2, 0) is 27.7 Å². The molecule has 9 nitrogen and oxygen atoms in total. The number of amides is 1. The molecular formula is C28H41N5O4S. The number of benzene rings is 2. The normalized spacial score (nSPS) is 16.3. The number of ether oxygens (including phenoxy) is 1. The van der Waals surface area contributed by atoms with Crippen molar-refractivity contribution in [2.75, 3.05) is 6.54 Å². The van der Waals surface area contributed by atoms with Crippen molar-refractivity contribution < 1.29 is 17.9 Å². The number of rotatable bonds is 10. The first kappa shape index (κ1) is 29.4.